The lowest BCUT2D eigenvalue weighted by molar-refractivity contribution is 0.591. The van der Waals surface area contributed by atoms with Gasteiger partial charge in [0.25, 0.3) is 10.0 Å². The second kappa shape index (κ2) is 5.59. The fraction of sp³-hybridized carbons (Fsp3) is 0.250. The molecule has 0 bridgehead atoms. The molecule has 2 aromatic rings. The van der Waals surface area contributed by atoms with E-state index >= 15 is 0 Å². The molecule has 0 aliphatic rings. The van der Waals surface area contributed by atoms with Crippen molar-refractivity contribution in [3.8, 4) is 0 Å². The van der Waals surface area contributed by atoms with Gasteiger partial charge in [0.05, 0.1) is 4.90 Å². The van der Waals surface area contributed by atoms with Crippen LogP contribution in [0.3, 0.4) is 0 Å². The highest BCUT2D eigenvalue weighted by atomic mass is 32.2. The molecule has 0 aliphatic carbocycles. The predicted molar refractivity (Wildman–Crippen MR) is 73.2 cm³/mol. The van der Waals surface area contributed by atoms with E-state index in [0.29, 0.717) is 0 Å². The first kappa shape index (κ1) is 14.5. The number of sulfonamides is 1. The van der Waals surface area contributed by atoms with Gasteiger partial charge in [-0.3, -0.25) is 9.40 Å². The van der Waals surface area contributed by atoms with Crippen LogP contribution in [0.2, 0.25) is 0 Å². The third-order valence-corrected chi connectivity index (χ3v) is 4.00. The minimum absolute atomic E-state index is 0.00481. The quantitative estimate of drug-likeness (QED) is 0.866. The molecular weight excluding hydrogens is 283 g/mol. The number of anilines is 1. The molecule has 1 heterocycles. The molecule has 0 saturated carbocycles. The number of aryl methyl sites for hydroxylation is 1. The maximum Gasteiger partial charge on any atom is 0.263 e. The number of nitrogens with zero attached hydrogens (tertiary/aromatic N) is 2. The van der Waals surface area contributed by atoms with Crippen LogP contribution in [0.25, 0.3) is 0 Å². The smallest absolute Gasteiger partial charge is 0.263 e. The first-order valence-corrected chi connectivity index (χ1v) is 7.36. The van der Waals surface area contributed by atoms with Gasteiger partial charge in [-0.05, 0) is 25.2 Å². The molecule has 0 saturated heterocycles. The lowest BCUT2D eigenvalue weighted by Crippen LogP contribution is -2.15. The zero-order chi connectivity index (χ0) is 14.8. The predicted octanol–water partition coefficient (Wildman–Crippen LogP) is 1.08. The van der Waals surface area contributed by atoms with E-state index in [0.717, 1.165) is 6.07 Å². The molecule has 20 heavy (non-hydrogen) atoms. The summed E-state index contributed by atoms with van der Waals surface area (Å²) in [6.45, 7) is 0.249. The van der Waals surface area contributed by atoms with E-state index in [-0.39, 0.29) is 22.8 Å². The molecule has 0 atom stereocenters. The van der Waals surface area contributed by atoms with E-state index in [1.807, 2.05) is 0 Å². The Morgan fingerprint density at radius 1 is 1.35 bits per heavy atom. The average Bonchev–Trinajstić information content (AvgIpc) is 2.77. The Bertz CT molecular complexity index is 712. The maximum absolute atomic E-state index is 13.5. The van der Waals surface area contributed by atoms with E-state index < -0.39 is 15.8 Å². The number of aromatic nitrogens is 2. The largest absolute Gasteiger partial charge is 0.316 e. The Balaban J connectivity index is 2.31. The Morgan fingerprint density at radius 2 is 2.10 bits per heavy atom. The number of hydrogen-bond acceptors (Lipinski definition) is 4. The van der Waals surface area contributed by atoms with E-state index in [1.54, 1.807) is 20.3 Å². The lowest BCUT2D eigenvalue weighted by atomic mass is 10.2. The molecule has 0 amide bonds. The van der Waals surface area contributed by atoms with Crippen molar-refractivity contribution in [3.05, 3.63) is 41.8 Å². The molecule has 0 fully saturated rings. The fourth-order valence-electron chi connectivity index (χ4n) is 1.71. The molecule has 8 heteroatoms. The van der Waals surface area contributed by atoms with E-state index in [4.69, 9.17) is 0 Å². The summed E-state index contributed by atoms with van der Waals surface area (Å²) in [5.74, 6) is -0.233. The van der Waals surface area contributed by atoms with Crippen LogP contribution in [-0.2, 0) is 23.6 Å². The van der Waals surface area contributed by atoms with E-state index in [9.17, 15) is 12.8 Å². The third-order valence-electron chi connectivity index (χ3n) is 2.65. The van der Waals surface area contributed by atoms with Gasteiger partial charge < -0.3 is 5.32 Å². The first-order chi connectivity index (χ1) is 9.42. The van der Waals surface area contributed by atoms with Crippen LogP contribution >= 0.6 is 0 Å². The minimum atomic E-state index is -3.78. The van der Waals surface area contributed by atoms with Gasteiger partial charge in [-0.25, -0.2) is 12.8 Å². The normalized spacial score (nSPS) is 11.6. The molecule has 2 N–H and O–H groups in total. The van der Waals surface area contributed by atoms with Crippen molar-refractivity contribution >= 4 is 15.8 Å². The van der Waals surface area contributed by atoms with Crippen LogP contribution in [-0.4, -0.2) is 25.2 Å². The number of nitrogens with one attached hydrogen (secondary N) is 2. The molecule has 6 nitrogen and oxygen atoms in total. The monoisotopic (exact) mass is 298 g/mol. The van der Waals surface area contributed by atoms with Crippen molar-refractivity contribution in [2.24, 2.45) is 7.05 Å². The van der Waals surface area contributed by atoms with Crippen LogP contribution < -0.4 is 10.0 Å². The topological polar surface area (TPSA) is 76.0 Å². The number of hydrogen-bond donors (Lipinski definition) is 2. The molecule has 0 spiro atoms. The summed E-state index contributed by atoms with van der Waals surface area (Å²) in [6, 6.07) is 5.20. The zero-order valence-corrected chi connectivity index (χ0v) is 11.9. The van der Waals surface area contributed by atoms with Crippen molar-refractivity contribution < 1.29 is 12.8 Å². The van der Waals surface area contributed by atoms with Crippen molar-refractivity contribution in [2.45, 2.75) is 11.4 Å². The summed E-state index contributed by atoms with van der Waals surface area (Å²) in [4.78, 5) is -0.00481. The van der Waals surface area contributed by atoms with Crippen LogP contribution in [0.4, 0.5) is 10.2 Å². The minimum Gasteiger partial charge on any atom is -0.316 e. The van der Waals surface area contributed by atoms with Crippen LogP contribution in [0.15, 0.2) is 35.4 Å². The van der Waals surface area contributed by atoms with Crippen LogP contribution in [0, 0.1) is 5.82 Å². The summed E-state index contributed by atoms with van der Waals surface area (Å²) in [5.41, 5.74) is 0.288. The van der Waals surface area contributed by atoms with E-state index in [1.165, 1.54) is 22.9 Å². The molecule has 108 valence electrons. The zero-order valence-electron chi connectivity index (χ0n) is 11.1. The van der Waals surface area contributed by atoms with Crippen molar-refractivity contribution in [2.75, 3.05) is 11.8 Å². The molecule has 0 unspecified atom stereocenters. The number of halogens is 1. The van der Waals surface area contributed by atoms with Gasteiger partial charge in [0.1, 0.15) is 5.82 Å². The van der Waals surface area contributed by atoms with Crippen molar-refractivity contribution in [3.63, 3.8) is 0 Å². The Kier molecular flexibility index (Phi) is 4.05. The van der Waals surface area contributed by atoms with Crippen molar-refractivity contribution in [1.29, 1.82) is 0 Å². The van der Waals surface area contributed by atoms with Gasteiger partial charge in [-0.15, -0.1) is 0 Å². The number of rotatable bonds is 5. The van der Waals surface area contributed by atoms with Gasteiger partial charge in [-0.1, -0.05) is 0 Å². The second-order valence-corrected chi connectivity index (χ2v) is 5.95. The van der Waals surface area contributed by atoms with Crippen LogP contribution in [0.1, 0.15) is 5.56 Å². The Hall–Kier alpha value is -1.93. The molecule has 0 radical (unpaired) electrons. The molecule has 2 rings (SSSR count). The highest BCUT2D eigenvalue weighted by Gasteiger charge is 2.17. The lowest BCUT2D eigenvalue weighted by Gasteiger charge is -2.08. The summed E-state index contributed by atoms with van der Waals surface area (Å²) in [6.07, 6.45) is 1.62. The van der Waals surface area contributed by atoms with E-state index in [2.05, 4.69) is 15.1 Å². The SMILES string of the molecule is CNCc1cc(S(=O)(=O)Nc2ccn(C)n2)ccc1F. The summed E-state index contributed by atoms with van der Waals surface area (Å²) in [5, 5.41) is 6.72. The van der Waals surface area contributed by atoms with Gasteiger partial charge in [0.15, 0.2) is 5.82 Å². The molecular formula is C12H15FN4O2S. The van der Waals surface area contributed by atoms with Gasteiger partial charge in [0.2, 0.25) is 0 Å². The average molecular weight is 298 g/mol. The van der Waals surface area contributed by atoms with Crippen molar-refractivity contribution in [1.82, 2.24) is 15.1 Å². The van der Waals surface area contributed by atoms with Gasteiger partial charge in [-0.2, -0.15) is 5.10 Å². The van der Waals surface area contributed by atoms with Crippen LogP contribution in [0.5, 0.6) is 0 Å². The van der Waals surface area contributed by atoms with Gasteiger partial charge in [0, 0.05) is 31.4 Å². The molecule has 1 aromatic heterocycles. The fourth-order valence-corrected chi connectivity index (χ4v) is 2.76. The highest BCUT2D eigenvalue weighted by Crippen LogP contribution is 2.18. The first-order valence-electron chi connectivity index (χ1n) is 5.88. The van der Waals surface area contributed by atoms with Gasteiger partial charge >= 0.3 is 0 Å². The molecule has 0 aliphatic heterocycles. The summed E-state index contributed by atoms with van der Waals surface area (Å²) < 4.78 is 41.7. The number of benzene rings is 1. The second-order valence-electron chi connectivity index (χ2n) is 4.26. The Morgan fingerprint density at radius 3 is 2.70 bits per heavy atom. The third kappa shape index (κ3) is 3.14. The maximum atomic E-state index is 13.5. The summed E-state index contributed by atoms with van der Waals surface area (Å²) >= 11 is 0. The standard InChI is InChI=1S/C12H15FN4O2S/c1-14-8-9-7-10(3-4-11(9)13)20(18,19)16-12-5-6-17(2)15-12/h3-7,14H,8H2,1-2H3,(H,15,16). The highest BCUT2D eigenvalue weighted by molar-refractivity contribution is 7.92. The Labute approximate surface area is 116 Å². The molecule has 1 aromatic carbocycles. The summed E-state index contributed by atoms with van der Waals surface area (Å²) in [7, 11) is -0.437.